The Bertz CT molecular complexity index is 439. The van der Waals surface area contributed by atoms with Crippen LogP contribution in [0.5, 0.6) is 0 Å². The SMILES string of the molecule is CC1CN(CC(C)C(=O)OCc2ccccc2)CC(C)O1. The van der Waals surface area contributed by atoms with Crippen molar-refractivity contribution >= 4 is 5.97 Å². The third-order valence-corrected chi connectivity index (χ3v) is 3.65. The number of carbonyl (C=O) groups is 1. The summed E-state index contributed by atoms with van der Waals surface area (Å²) in [5.74, 6) is -0.253. The Morgan fingerprint density at radius 1 is 1.29 bits per heavy atom. The molecule has 4 heteroatoms. The minimum Gasteiger partial charge on any atom is -0.461 e. The number of esters is 1. The number of morpholine rings is 1. The van der Waals surface area contributed by atoms with E-state index in [-0.39, 0.29) is 24.1 Å². The summed E-state index contributed by atoms with van der Waals surface area (Å²) in [6.07, 6.45) is 0.447. The van der Waals surface area contributed by atoms with Gasteiger partial charge in [0.05, 0.1) is 18.1 Å². The first kappa shape index (κ1) is 16.0. The van der Waals surface area contributed by atoms with Crippen LogP contribution in [-0.2, 0) is 20.9 Å². The highest BCUT2D eigenvalue weighted by molar-refractivity contribution is 5.72. The van der Waals surface area contributed by atoms with Gasteiger partial charge >= 0.3 is 5.97 Å². The van der Waals surface area contributed by atoms with Crippen LogP contribution in [0.25, 0.3) is 0 Å². The van der Waals surface area contributed by atoms with Crippen LogP contribution < -0.4 is 0 Å². The van der Waals surface area contributed by atoms with E-state index in [0.29, 0.717) is 6.61 Å². The largest absolute Gasteiger partial charge is 0.461 e. The van der Waals surface area contributed by atoms with E-state index in [1.807, 2.05) is 37.3 Å². The molecule has 4 nitrogen and oxygen atoms in total. The smallest absolute Gasteiger partial charge is 0.310 e. The zero-order valence-corrected chi connectivity index (χ0v) is 13.1. The van der Waals surface area contributed by atoms with Gasteiger partial charge in [0.2, 0.25) is 0 Å². The average Bonchev–Trinajstić information content (AvgIpc) is 2.44. The molecular formula is C17H25NO3. The zero-order chi connectivity index (χ0) is 15.2. The average molecular weight is 291 g/mol. The van der Waals surface area contributed by atoms with E-state index in [2.05, 4.69) is 18.7 Å². The van der Waals surface area contributed by atoms with Crippen LogP contribution in [0, 0.1) is 5.92 Å². The second kappa shape index (κ2) is 7.57. The van der Waals surface area contributed by atoms with Gasteiger partial charge in [-0.3, -0.25) is 9.69 Å². The van der Waals surface area contributed by atoms with Crippen LogP contribution in [0.1, 0.15) is 26.3 Å². The fraction of sp³-hybridized carbons (Fsp3) is 0.588. The van der Waals surface area contributed by atoms with Gasteiger partial charge in [0, 0.05) is 19.6 Å². The van der Waals surface area contributed by atoms with Gasteiger partial charge in [0.1, 0.15) is 6.61 Å². The van der Waals surface area contributed by atoms with Crippen molar-refractivity contribution in [2.75, 3.05) is 19.6 Å². The van der Waals surface area contributed by atoms with Crippen molar-refractivity contribution in [1.82, 2.24) is 4.90 Å². The van der Waals surface area contributed by atoms with Crippen molar-refractivity contribution in [3.05, 3.63) is 35.9 Å². The van der Waals surface area contributed by atoms with Gasteiger partial charge in [-0.05, 0) is 19.4 Å². The lowest BCUT2D eigenvalue weighted by Crippen LogP contribution is -2.47. The maximum Gasteiger partial charge on any atom is 0.310 e. The van der Waals surface area contributed by atoms with Crippen LogP contribution in [0.3, 0.4) is 0 Å². The third kappa shape index (κ3) is 5.14. The molecule has 116 valence electrons. The molecule has 0 aromatic heterocycles. The number of hydrogen-bond donors (Lipinski definition) is 0. The van der Waals surface area contributed by atoms with Gasteiger partial charge in [-0.15, -0.1) is 0 Å². The van der Waals surface area contributed by atoms with Crippen LogP contribution in [0.2, 0.25) is 0 Å². The molecule has 1 aromatic carbocycles. The highest BCUT2D eigenvalue weighted by Crippen LogP contribution is 2.13. The van der Waals surface area contributed by atoms with Crippen LogP contribution >= 0.6 is 0 Å². The van der Waals surface area contributed by atoms with Gasteiger partial charge < -0.3 is 9.47 Å². The van der Waals surface area contributed by atoms with Crippen LogP contribution in [0.4, 0.5) is 0 Å². The second-order valence-electron chi connectivity index (χ2n) is 5.97. The van der Waals surface area contributed by atoms with Gasteiger partial charge in [-0.2, -0.15) is 0 Å². The van der Waals surface area contributed by atoms with Crippen molar-refractivity contribution in [1.29, 1.82) is 0 Å². The molecule has 1 aliphatic heterocycles. The first-order valence-electron chi connectivity index (χ1n) is 7.63. The summed E-state index contributed by atoms with van der Waals surface area (Å²) in [5.41, 5.74) is 1.02. The summed E-state index contributed by atoms with van der Waals surface area (Å²) in [4.78, 5) is 14.4. The molecule has 0 aliphatic carbocycles. The molecule has 1 heterocycles. The number of carbonyl (C=O) groups excluding carboxylic acids is 1. The number of rotatable bonds is 5. The van der Waals surface area contributed by atoms with E-state index >= 15 is 0 Å². The Morgan fingerprint density at radius 3 is 2.52 bits per heavy atom. The second-order valence-corrected chi connectivity index (χ2v) is 5.97. The lowest BCUT2D eigenvalue weighted by molar-refractivity contribution is -0.151. The molecule has 0 radical (unpaired) electrons. The molecule has 0 spiro atoms. The van der Waals surface area contributed by atoms with E-state index in [9.17, 15) is 4.79 Å². The molecule has 0 amide bonds. The summed E-state index contributed by atoms with van der Waals surface area (Å²) in [7, 11) is 0. The molecule has 2 rings (SSSR count). The van der Waals surface area contributed by atoms with Gasteiger partial charge in [0.15, 0.2) is 0 Å². The highest BCUT2D eigenvalue weighted by atomic mass is 16.5. The maximum atomic E-state index is 12.1. The molecule has 1 aromatic rings. The lowest BCUT2D eigenvalue weighted by Gasteiger charge is -2.36. The molecule has 0 N–H and O–H groups in total. The fourth-order valence-electron chi connectivity index (χ4n) is 2.77. The lowest BCUT2D eigenvalue weighted by atomic mass is 10.1. The minimum atomic E-state index is -0.134. The Kier molecular flexibility index (Phi) is 5.76. The number of hydrogen-bond acceptors (Lipinski definition) is 4. The maximum absolute atomic E-state index is 12.1. The molecule has 3 unspecified atom stereocenters. The van der Waals surface area contributed by atoms with E-state index in [1.165, 1.54) is 0 Å². The molecule has 1 saturated heterocycles. The van der Waals surface area contributed by atoms with E-state index in [1.54, 1.807) is 0 Å². The van der Waals surface area contributed by atoms with E-state index in [4.69, 9.17) is 9.47 Å². The Hall–Kier alpha value is -1.39. The highest BCUT2D eigenvalue weighted by Gasteiger charge is 2.25. The monoisotopic (exact) mass is 291 g/mol. The molecule has 1 fully saturated rings. The Balaban J connectivity index is 1.77. The minimum absolute atomic E-state index is 0.119. The van der Waals surface area contributed by atoms with Crippen molar-refractivity contribution in [3.8, 4) is 0 Å². The van der Waals surface area contributed by atoms with Gasteiger partial charge in [0.25, 0.3) is 0 Å². The molecule has 3 atom stereocenters. The number of nitrogens with zero attached hydrogens (tertiary/aromatic N) is 1. The summed E-state index contributed by atoms with van der Waals surface area (Å²) in [5, 5.41) is 0. The first-order chi connectivity index (χ1) is 10.0. The van der Waals surface area contributed by atoms with Crippen molar-refractivity contribution in [2.24, 2.45) is 5.92 Å². The van der Waals surface area contributed by atoms with Crippen LogP contribution in [-0.4, -0.2) is 42.7 Å². The van der Waals surface area contributed by atoms with E-state index < -0.39 is 0 Å². The van der Waals surface area contributed by atoms with E-state index in [0.717, 1.165) is 25.2 Å². The molecule has 1 aliphatic rings. The Labute approximate surface area is 127 Å². The fourth-order valence-corrected chi connectivity index (χ4v) is 2.77. The predicted octanol–water partition coefficient (Wildman–Crippen LogP) is 2.48. The normalized spacial score (nSPS) is 24.5. The van der Waals surface area contributed by atoms with Crippen molar-refractivity contribution in [3.63, 3.8) is 0 Å². The molecular weight excluding hydrogens is 266 g/mol. The molecule has 21 heavy (non-hydrogen) atoms. The first-order valence-corrected chi connectivity index (χ1v) is 7.63. The standard InChI is InChI=1S/C17H25NO3/c1-13(9-18-10-14(2)21-15(3)11-18)17(19)20-12-16-7-5-4-6-8-16/h4-8,13-15H,9-12H2,1-3H3. The summed E-state index contributed by atoms with van der Waals surface area (Å²) in [6.45, 7) is 8.90. The van der Waals surface area contributed by atoms with Crippen molar-refractivity contribution in [2.45, 2.75) is 39.6 Å². The zero-order valence-electron chi connectivity index (χ0n) is 13.1. The molecule has 0 bridgehead atoms. The predicted molar refractivity (Wildman–Crippen MR) is 81.9 cm³/mol. The topological polar surface area (TPSA) is 38.8 Å². The summed E-state index contributed by atoms with van der Waals surface area (Å²) in [6, 6.07) is 9.77. The number of benzene rings is 1. The Morgan fingerprint density at radius 2 is 1.90 bits per heavy atom. The summed E-state index contributed by atoms with van der Waals surface area (Å²) >= 11 is 0. The van der Waals surface area contributed by atoms with Gasteiger partial charge in [-0.1, -0.05) is 37.3 Å². The van der Waals surface area contributed by atoms with Crippen molar-refractivity contribution < 1.29 is 14.3 Å². The number of ether oxygens (including phenoxy) is 2. The quantitative estimate of drug-likeness (QED) is 0.781. The van der Waals surface area contributed by atoms with Crippen LogP contribution in [0.15, 0.2) is 30.3 Å². The van der Waals surface area contributed by atoms with Gasteiger partial charge in [-0.25, -0.2) is 0 Å². The summed E-state index contributed by atoms with van der Waals surface area (Å²) < 4.78 is 11.1. The third-order valence-electron chi connectivity index (χ3n) is 3.65. The molecule has 0 saturated carbocycles.